The molecule has 0 saturated carbocycles. The number of rotatable bonds is 43. The molecule has 0 aliphatic heterocycles. The molecule has 0 rings (SSSR count). The van der Waals surface area contributed by atoms with E-state index in [0.717, 1.165) is 90.3 Å². The first-order chi connectivity index (χ1) is 26.3. The fraction of sp³-hybridized carbons (Fsp3) is 0.958. The van der Waals surface area contributed by atoms with Crippen molar-refractivity contribution in [2.75, 3.05) is 32.8 Å². The minimum absolute atomic E-state index is 0.0153. The van der Waals surface area contributed by atoms with Crippen LogP contribution in [0.2, 0.25) is 0 Å². The fourth-order valence-corrected chi connectivity index (χ4v) is 7.66. The zero-order valence-corrected chi connectivity index (χ0v) is 37.2. The minimum Gasteiger partial charge on any atom is -0.466 e. The Morgan fingerprint density at radius 1 is 0.500 bits per heavy atom. The Balaban J connectivity index is 4.35. The van der Waals surface area contributed by atoms with Crippen LogP contribution in [0.15, 0.2) is 0 Å². The van der Waals surface area contributed by atoms with Crippen LogP contribution in [0.25, 0.3) is 0 Å². The molecule has 6 heteroatoms. The molecule has 0 aliphatic carbocycles. The van der Waals surface area contributed by atoms with Crippen molar-refractivity contribution in [3.8, 4) is 0 Å². The fourth-order valence-electron chi connectivity index (χ4n) is 7.66. The van der Waals surface area contributed by atoms with E-state index in [1.165, 1.54) is 135 Å². The van der Waals surface area contributed by atoms with Gasteiger partial charge in [-0.25, -0.2) is 0 Å². The van der Waals surface area contributed by atoms with Crippen LogP contribution in [0.5, 0.6) is 0 Å². The van der Waals surface area contributed by atoms with E-state index in [4.69, 9.17) is 9.47 Å². The summed E-state index contributed by atoms with van der Waals surface area (Å²) in [7, 11) is 0. The van der Waals surface area contributed by atoms with E-state index in [1.54, 1.807) is 0 Å². The molecule has 0 spiro atoms. The quantitative estimate of drug-likeness (QED) is 0.0492. The average molecular weight is 766 g/mol. The highest BCUT2D eigenvalue weighted by molar-refractivity contribution is 5.69. The monoisotopic (exact) mass is 766 g/mol. The molecule has 0 atom stereocenters. The normalized spacial score (nSPS) is 11.9. The van der Waals surface area contributed by atoms with Gasteiger partial charge < -0.3 is 19.5 Å². The molecule has 0 aromatic carbocycles. The van der Waals surface area contributed by atoms with Gasteiger partial charge in [0.1, 0.15) is 6.10 Å². The van der Waals surface area contributed by atoms with Crippen molar-refractivity contribution in [1.29, 1.82) is 0 Å². The van der Waals surface area contributed by atoms with Crippen molar-refractivity contribution in [2.24, 2.45) is 5.41 Å². The van der Waals surface area contributed by atoms with Crippen molar-refractivity contribution in [3.05, 3.63) is 0 Å². The highest BCUT2D eigenvalue weighted by Gasteiger charge is 2.20. The maximum atomic E-state index is 13.0. The third-order valence-corrected chi connectivity index (χ3v) is 11.4. The molecule has 0 radical (unpaired) electrons. The highest BCUT2D eigenvalue weighted by Crippen LogP contribution is 2.29. The number of aliphatic hydroxyl groups is 1. The molecule has 0 fully saturated rings. The molecular weight excluding hydrogens is 671 g/mol. The topological polar surface area (TPSA) is 76.1 Å². The molecule has 0 aromatic heterocycles. The molecule has 0 bridgehead atoms. The van der Waals surface area contributed by atoms with Gasteiger partial charge in [-0.15, -0.1) is 0 Å². The third kappa shape index (κ3) is 37.8. The first-order valence-electron chi connectivity index (χ1n) is 24.0. The number of esters is 2. The van der Waals surface area contributed by atoms with Gasteiger partial charge >= 0.3 is 11.9 Å². The lowest BCUT2D eigenvalue weighted by Gasteiger charge is -2.28. The largest absolute Gasteiger partial charge is 0.466 e. The van der Waals surface area contributed by atoms with Gasteiger partial charge in [0, 0.05) is 19.4 Å². The van der Waals surface area contributed by atoms with Crippen LogP contribution in [0, 0.1) is 5.41 Å². The SMILES string of the molecule is CCCCCCCCCOC(=O)CCCCCCCN(CCCCO)CCCC(C)(C)CCCC(=O)OC(CCCCCCCC)CCCCCCCC. The van der Waals surface area contributed by atoms with Crippen LogP contribution in [-0.4, -0.2) is 60.9 Å². The summed E-state index contributed by atoms with van der Waals surface area (Å²) in [6.45, 7) is 15.6. The smallest absolute Gasteiger partial charge is 0.306 e. The lowest BCUT2D eigenvalue weighted by molar-refractivity contribution is -0.150. The molecule has 0 unspecified atom stereocenters. The van der Waals surface area contributed by atoms with Crippen LogP contribution in [0.4, 0.5) is 0 Å². The number of unbranched alkanes of at least 4 members (excludes halogenated alkanes) is 21. The average Bonchev–Trinajstić information content (AvgIpc) is 3.14. The van der Waals surface area contributed by atoms with Crippen molar-refractivity contribution < 1.29 is 24.2 Å². The molecule has 322 valence electrons. The predicted molar refractivity (Wildman–Crippen MR) is 232 cm³/mol. The minimum atomic E-state index is -0.0230. The van der Waals surface area contributed by atoms with E-state index < -0.39 is 0 Å². The Morgan fingerprint density at radius 2 is 0.926 bits per heavy atom. The van der Waals surface area contributed by atoms with Crippen molar-refractivity contribution in [1.82, 2.24) is 4.90 Å². The van der Waals surface area contributed by atoms with Gasteiger partial charge in [0.05, 0.1) is 6.61 Å². The lowest BCUT2D eigenvalue weighted by Crippen LogP contribution is -2.28. The van der Waals surface area contributed by atoms with E-state index in [2.05, 4.69) is 39.5 Å². The zero-order valence-electron chi connectivity index (χ0n) is 37.2. The van der Waals surface area contributed by atoms with Crippen LogP contribution in [0.1, 0.15) is 253 Å². The van der Waals surface area contributed by atoms with E-state index in [-0.39, 0.29) is 30.1 Å². The number of carbonyl (C=O) groups is 2. The molecule has 0 saturated heterocycles. The first-order valence-corrected chi connectivity index (χ1v) is 24.0. The van der Waals surface area contributed by atoms with Crippen molar-refractivity contribution in [3.63, 3.8) is 0 Å². The van der Waals surface area contributed by atoms with E-state index in [9.17, 15) is 14.7 Å². The second kappa shape index (κ2) is 40.1. The zero-order chi connectivity index (χ0) is 39.8. The third-order valence-electron chi connectivity index (χ3n) is 11.4. The van der Waals surface area contributed by atoms with Crippen LogP contribution < -0.4 is 0 Å². The number of carbonyl (C=O) groups excluding carboxylic acids is 2. The van der Waals surface area contributed by atoms with Crippen LogP contribution in [-0.2, 0) is 19.1 Å². The molecule has 0 aliphatic rings. The summed E-state index contributed by atoms with van der Waals surface area (Å²) in [6.07, 6.45) is 39.1. The summed E-state index contributed by atoms with van der Waals surface area (Å²) in [5, 5.41) is 9.34. The second-order valence-corrected chi connectivity index (χ2v) is 17.5. The Kier molecular flexibility index (Phi) is 39.2. The van der Waals surface area contributed by atoms with Crippen LogP contribution >= 0.6 is 0 Å². The lowest BCUT2D eigenvalue weighted by atomic mass is 9.82. The Labute approximate surface area is 337 Å². The summed E-state index contributed by atoms with van der Waals surface area (Å²) in [4.78, 5) is 27.6. The van der Waals surface area contributed by atoms with E-state index in [1.807, 2.05) is 0 Å². The van der Waals surface area contributed by atoms with Gasteiger partial charge in [-0.2, -0.15) is 0 Å². The first kappa shape index (κ1) is 52.9. The second-order valence-electron chi connectivity index (χ2n) is 17.5. The standard InChI is InChI=1S/C48H95NO5/c1-6-9-12-15-18-24-31-44-53-46(51)36-27-22-19-23-28-40-49(41-29-30-43-50)42-33-39-48(4,5)38-32-37-47(52)54-45(34-25-20-16-13-10-7-2)35-26-21-17-14-11-8-3/h45,50H,6-44H2,1-5H3. The molecule has 0 amide bonds. The van der Waals surface area contributed by atoms with Gasteiger partial charge in [0.15, 0.2) is 0 Å². The summed E-state index contributed by atoms with van der Waals surface area (Å²) >= 11 is 0. The van der Waals surface area contributed by atoms with Crippen molar-refractivity contribution >= 4 is 11.9 Å². The van der Waals surface area contributed by atoms with Gasteiger partial charge in [0.2, 0.25) is 0 Å². The number of nitrogens with zero attached hydrogens (tertiary/aromatic N) is 1. The molecule has 0 aromatic rings. The Morgan fingerprint density at radius 3 is 1.48 bits per heavy atom. The van der Waals surface area contributed by atoms with Gasteiger partial charge in [-0.05, 0) is 109 Å². The maximum absolute atomic E-state index is 13.0. The summed E-state index contributed by atoms with van der Waals surface area (Å²) < 4.78 is 11.6. The Bertz CT molecular complexity index is 786. The van der Waals surface area contributed by atoms with E-state index >= 15 is 0 Å². The summed E-state index contributed by atoms with van der Waals surface area (Å²) in [5.74, 6) is -0.00768. The van der Waals surface area contributed by atoms with Gasteiger partial charge in [-0.1, -0.05) is 157 Å². The molecular formula is C48H95NO5. The molecule has 54 heavy (non-hydrogen) atoms. The number of aliphatic hydroxyl groups excluding tert-OH is 1. The molecule has 1 N–H and O–H groups in total. The molecule has 6 nitrogen and oxygen atoms in total. The van der Waals surface area contributed by atoms with Gasteiger partial charge in [-0.3, -0.25) is 9.59 Å². The summed E-state index contributed by atoms with van der Waals surface area (Å²) in [5.41, 5.74) is 0.211. The van der Waals surface area contributed by atoms with E-state index in [0.29, 0.717) is 19.4 Å². The van der Waals surface area contributed by atoms with Crippen molar-refractivity contribution in [2.45, 2.75) is 259 Å². The predicted octanol–water partition coefficient (Wildman–Crippen LogP) is 14.1. The molecule has 0 heterocycles. The summed E-state index contributed by atoms with van der Waals surface area (Å²) in [6, 6.07) is 0. The van der Waals surface area contributed by atoms with Gasteiger partial charge in [0.25, 0.3) is 0 Å². The maximum Gasteiger partial charge on any atom is 0.306 e. The number of hydrogen-bond acceptors (Lipinski definition) is 6. The number of ether oxygens (including phenoxy) is 2. The Hall–Kier alpha value is -1.14. The highest BCUT2D eigenvalue weighted by atomic mass is 16.5. The number of hydrogen-bond donors (Lipinski definition) is 1. The van der Waals surface area contributed by atoms with Crippen LogP contribution in [0.3, 0.4) is 0 Å².